The molecule has 1 saturated carbocycles. The number of anilines is 1. The lowest BCUT2D eigenvalue weighted by Crippen LogP contribution is -2.27. The van der Waals surface area contributed by atoms with Gasteiger partial charge in [0.05, 0.1) is 0 Å². The van der Waals surface area contributed by atoms with Crippen molar-refractivity contribution in [3.63, 3.8) is 0 Å². The maximum absolute atomic E-state index is 13.9. The van der Waals surface area contributed by atoms with Crippen LogP contribution < -0.4 is 10.0 Å². The summed E-state index contributed by atoms with van der Waals surface area (Å²) < 4.78 is 54.0. The molecule has 0 bridgehead atoms. The van der Waals surface area contributed by atoms with Gasteiger partial charge in [0, 0.05) is 17.3 Å². The van der Waals surface area contributed by atoms with Gasteiger partial charge in [-0.1, -0.05) is 6.07 Å². The lowest BCUT2D eigenvalue weighted by molar-refractivity contribution is 0.102. The molecule has 2 aromatic rings. The summed E-state index contributed by atoms with van der Waals surface area (Å²) in [5.41, 5.74) is 0.858. The number of sulfonamides is 1. The van der Waals surface area contributed by atoms with Gasteiger partial charge >= 0.3 is 0 Å². The minimum atomic E-state index is -4.04. The number of hydrogen-bond donors (Lipinski definition) is 2. The lowest BCUT2D eigenvalue weighted by atomic mass is 10.1. The molecule has 0 saturated heterocycles. The van der Waals surface area contributed by atoms with Gasteiger partial charge in [-0.25, -0.2) is 21.9 Å². The van der Waals surface area contributed by atoms with E-state index in [1.807, 2.05) is 0 Å². The Labute approximate surface area is 144 Å². The van der Waals surface area contributed by atoms with E-state index in [0.717, 1.165) is 18.2 Å². The molecular weight excluding hydrogens is 350 g/mol. The second-order valence-corrected chi connectivity index (χ2v) is 7.64. The first-order valence-electron chi connectivity index (χ1n) is 7.65. The first kappa shape index (κ1) is 17.5. The summed E-state index contributed by atoms with van der Waals surface area (Å²) in [4.78, 5) is 11.8. The van der Waals surface area contributed by atoms with E-state index < -0.39 is 32.5 Å². The smallest absolute Gasteiger partial charge is 0.255 e. The lowest BCUT2D eigenvalue weighted by Gasteiger charge is -2.11. The molecule has 0 aromatic heterocycles. The van der Waals surface area contributed by atoms with Crippen molar-refractivity contribution in [1.82, 2.24) is 4.72 Å². The largest absolute Gasteiger partial charge is 0.322 e. The predicted octanol–water partition coefficient (Wildman–Crippen LogP) is 2.97. The molecule has 0 aliphatic heterocycles. The van der Waals surface area contributed by atoms with Gasteiger partial charge in [-0.15, -0.1) is 0 Å². The fourth-order valence-electron chi connectivity index (χ4n) is 2.26. The Bertz CT molecular complexity index is 941. The number of benzene rings is 2. The van der Waals surface area contributed by atoms with Gasteiger partial charge in [0.25, 0.3) is 5.91 Å². The fourth-order valence-corrected chi connectivity index (χ4v) is 3.67. The zero-order valence-corrected chi connectivity index (χ0v) is 14.2. The average Bonchev–Trinajstić information content (AvgIpc) is 3.34. The standard InChI is InChI=1S/C17H16F2N2O3S/c1-10-2-4-12(18)9-15(10)20-17(22)11-3-7-14(19)16(8-11)25(23,24)21-13-5-6-13/h2-4,7-9,13,21H,5-6H2,1H3,(H,20,22). The van der Waals surface area contributed by atoms with Gasteiger partial charge < -0.3 is 5.32 Å². The highest BCUT2D eigenvalue weighted by molar-refractivity contribution is 7.89. The van der Waals surface area contributed by atoms with Crippen LogP contribution in [0.4, 0.5) is 14.5 Å². The number of hydrogen-bond acceptors (Lipinski definition) is 3. The molecule has 132 valence electrons. The van der Waals surface area contributed by atoms with Crippen molar-refractivity contribution in [3.8, 4) is 0 Å². The van der Waals surface area contributed by atoms with Crippen LogP contribution in [0.1, 0.15) is 28.8 Å². The van der Waals surface area contributed by atoms with Crippen molar-refractivity contribution < 1.29 is 22.0 Å². The summed E-state index contributed by atoms with van der Waals surface area (Å²) >= 11 is 0. The van der Waals surface area contributed by atoms with E-state index in [-0.39, 0.29) is 17.3 Å². The van der Waals surface area contributed by atoms with E-state index in [1.54, 1.807) is 6.92 Å². The number of halogens is 2. The number of carbonyl (C=O) groups excluding carboxylic acids is 1. The second-order valence-electron chi connectivity index (χ2n) is 5.95. The molecule has 1 aliphatic rings. The molecule has 2 aromatic carbocycles. The first-order chi connectivity index (χ1) is 11.8. The van der Waals surface area contributed by atoms with Crippen LogP contribution in [0, 0.1) is 18.6 Å². The molecule has 5 nitrogen and oxygen atoms in total. The number of rotatable bonds is 5. The molecular formula is C17H16F2N2O3S. The number of amides is 1. The normalized spacial score (nSPS) is 14.4. The SMILES string of the molecule is Cc1ccc(F)cc1NC(=O)c1ccc(F)c(S(=O)(=O)NC2CC2)c1. The molecule has 3 rings (SSSR count). The molecule has 0 radical (unpaired) electrons. The van der Waals surface area contributed by atoms with Crippen LogP contribution in [-0.2, 0) is 10.0 Å². The Morgan fingerprint density at radius 1 is 1.12 bits per heavy atom. The number of aryl methyl sites for hydroxylation is 1. The van der Waals surface area contributed by atoms with E-state index in [2.05, 4.69) is 10.0 Å². The van der Waals surface area contributed by atoms with Crippen LogP contribution in [0.25, 0.3) is 0 Å². The summed E-state index contributed by atoms with van der Waals surface area (Å²) in [7, 11) is -4.04. The Morgan fingerprint density at radius 3 is 2.52 bits per heavy atom. The van der Waals surface area contributed by atoms with Crippen molar-refractivity contribution in [2.75, 3.05) is 5.32 Å². The zero-order valence-electron chi connectivity index (χ0n) is 13.3. The van der Waals surface area contributed by atoms with Crippen molar-refractivity contribution in [2.24, 2.45) is 0 Å². The van der Waals surface area contributed by atoms with Gasteiger partial charge in [0.15, 0.2) is 0 Å². The van der Waals surface area contributed by atoms with E-state index in [1.165, 1.54) is 18.2 Å². The summed E-state index contributed by atoms with van der Waals surface area (Å²) in [5.74, 6) is -2.11. The Morgan fingerprint density at radius 2 is 1.84 bits per heavy atom. The Balaban J connectivity index is 1.88. The van der Waals surface area contributed by atoms with Gasteiger partial charge in [0.1, 0.15) is 16.5 Å². The van der Waals surface area contributed by atoms with Crippen LogP contribution in [0.15, 0.2) is 41.3 Å². The highest BCUT2D eigenvalue weighted by atomic mass is 32.2. The Hall–Kier alpha value is -2.32. The third kappa shape index (κ3) is 4.02. The van der Waals surface area contributed by atoms with E-state index >= 15 is 0 Å². The van der Waals surface area contributed by atoms with Crippen LogP contribution in [0.2, 0.25) is 0 Å². The van der Waals surface area contributed by atoms with Gasteiger partial charge in [0.2, 0.25) is 10.0 Å². The molecule has 8 heteroatoms. The van der Waals surface area contributed by atoms with Crippen LogP contribution >= 0.6 is 0 Å². The average molecular weight is 366 g/mol. The Kier molecular flexibility index (Phi) is 4.57. The molecule has 25 heavy (non-hydrogen) atoms. The van der Waals surface area contributed by atoms with Gasteiger partial charge in [-0.05, 0) is 55.7 Å². The third-order valence-corrected chi connectivity index (χ3v) is 5.37. The molecule has 0 atom stereocenters. The van der Waals surface area contributed by atoms with Gasteiger partial charge in [-0.2, -0.15) is 0 Å². The fraction of sp³-hybridized carbons (Fsp3) is 0.235. The first-order valence-corrected chi connectivity index (χ1v) is 9.14. The summed E-state index contributed by atoms with van der Waals surface area (Å²) in [6.45, 7) is 1.69. The zero-order chi connectivity index (χ0) is 18.2. The molecule has 0 unspecified atom stereocenters. The van der Waals surface area contributed by atoms with Crippen molar-refractivity contribution in [3.05, 3.63) is 59.2 Å². The molecule has 0 spiro atoms. The predicted molar refractivity (Wildman–Crippen MR) is 88.8 cm³/mol. The third-order valence-electron chi connectivity index (χ3n) is 3.83. The number of carbonyl (C=O) groups is 1. The maximum Gasteiger partial charge on any atom is 0.255 e. The molecule has 0 heterocycles. The quantitative estimate of drug-likeness (QED) is 0.854. The van der Waals surface area contributed by atoms with Crippen LogP contribution in [0.3, 0.4) is 0 Å². The molecule has 1 fully saturated rings. The minimum absolute atomic E-state index is 0.0405. The number of nitrogens with one attached hydrogen (secondary N) is 2. The molecule has 2 N–H and O–H groups in total. The minimum Gasteiger partial charge on any atom is -0.322 e. The van der Waals surface area contributed by atoms with E-state index in [9.17, 15) is 22.0 Å². The van der Waals surface area contributed by atoms with Crippen molar-refractivity contribution >= 4 is 21.6 Å². The maximum atomic E-state index is 13.9. The molecule has 1 aliphatic carbocycles. The highest BCUT2D eigenvalue weighted by Gasteiger charge is 2.30. The molecule has 1 amide bonds. The summed E-state index contributed by atoms with van der Waals surface area (Å²) in [5, 5.41) is 2.50. The van der Waals surface area contributed by atoms with E-state index in [0.29, 0.717) is 18.4 Å². The van der Waals surface area contributed by atoms with Crippen LogP contribution in [0.5, 0.6) is 0 Å². The highest BCUT2D eigenvalue weighted by Crippen LogP contribution is 2.24. The topological polar surface area (TPSA) is 75.3 Å². The van der Waals surface area contributed by atoms with Crippen molar-refractivity contribution in [2.45, 2.75) is 30.7 Å². The van der Waals surface area contributed by atoms with Gasteiger partial charge in [-0.3, -0.25) is 4.79 Å². The summed E-state index contributed by atoms with van der Waals surface area (Å²) in [6, 6.07) is 6.82. The summed E-state index contributed by atoms with van der Waals surface area (Å²) in [6.07, 6.45) is 1.42. The van der Waals surface area contributed by atoms with Crippen molar-refractivity contribution in [1.29, 1.82) is 0 Å². The monoisotopic (exact) mass is 366 g/mol. The van der Waals surface area contributed by atoms with E-state index in [4.69, 9.17) is 0 Å². The second kappa shape index (κ2) is 6.53. The van der Waals surface area contributed by atoms with Crippen LogP contribution in [-0.4, -0.2) is 20.4 Å².